The van der Waals surface area contributed by atoms with Gasteiger partial charge in [0.05, 0.1) is 0 Å². The molecule has 0 aromatic carbocycles. The summed E-state index contributed by atoms with van der Waals surface area (Å²) in [5.41, 5.74) is -11.9. The van der Waals surface area contributed by atoms with Crippen LogP contribution in [0.25, 0.3) is 0 Å². The first-order valence-corrected chi connectivity index (χ1v) is 25.7. The van der Waals surface area contributed by atoms with Gasteiger partial charge in [0.15, 0.2) is 0 Å². The Balaban J connectivity index is 9.31. The molecule has 0 fully saturated rings. The van der Waals surface area contributed by atoms with Crippen molar-refractivity contribution in [3.63, 3.8) is 0 Å². The van der Waals surface area contributed by atoms with Gasteiger partial charge in [-0.25, -0.2) is 0 Å². The topological polar surface area (TPSA) is 242 Å². The summed E-state index contributed by atoms with van der Waals surface area (Å²) in [4.78, 5) is 82.5. The van der Waals surface area contributed by atoms with E-state index in [0.29, 0.717) is 0 Å². The molecule has 0 aliphatic carbocycles. The molecule has 15 heteroatoms. The quantitative estimate of drug-likeness (QED) is 0.0791. The molecule has 0 spiro atoms. The van der Waals surface area contributed by atoms with Gasteiger partial charge in [-0.3, -0.25) is 0 Å². The zero-order valence-corrected chi connectivity index (χ0v) is 39.4. The van der Waals surface area contributed by atoms with Gasteiger partial charge in [-0.1, -0.05) is 0 Å². The van der Waals surface area contributed by atoms with Crippen molar-refractivity contribution in [2.45, 2.75) is 175 Å². The predicted molar refractivity (Wildman–Crippen MR) is 198 cm³/mol. The Kier molecular flexibility index (Phi) is 15.2. The third-order valence-corrected chi connectivity index (χ3v) is 34.8. The van der Waals surface area contributed by atoms with Crippen molar-refractivity contribution in [1.82, 2.24) is 0 Å². The van der Waals surface area contributed by atoms with Crippen molar-refractivity contribution < 1.29 is 82.5 Å². The van der Waals surface area contributed by atoms with Crippen LogP contribution in [0.3, 0.4) is 0 Å². The molecule has 316 valence electrons. The fourth-order valence-corrected chi connectivity index (χ4v) is 32.0. The minimum atomic E-state index is -9.39. The van der Waals surface area contributed by atoms with Crippen LogP contribution < -0.4 is 0 Å². The maximum atomic E-state index is 14.3. The summed E-state index contributed by atoms with van der Waals surface area (Å²) in [6.07, 6.45) is -5.84. The molecular weight excluding hydrogens is 873 g/mol. The zero-order valence-electron chi connectivity index (χ0n) is 36.2. The van der Waals surface area contributed by atoms with Crippen molar-refractivity contribution in [3.8, 4) is 0 Å². The molecule has 0 saturated heterocycles. The molecule has 0 aliphatic heterocycles. The second kappa shape index (κ2) is 15.7. The predicted octanol–water partition coefficient (Wildman–Crippen LogP) is 4.07. The minimum absolute atomic E-state index is 0.674. The Morgan fingerprint density at radius 3 is 0.685 bits per heavy atom. The number of ketones is 6. The van der Waals surface area contributed by atoms with Crippen LogP contribution in [0.1, 0.15) is 151 Å². The second-order valence-corrected chi connectivity index (χ2v) is 35.0. The number of Topliss-reactive ketones (excluding diaryl/α,β-unsaturated/α-hetero) is 6. The van der Waals surface area contributed by atoms with Crippen LogP contribution in [0, 0.1) is 32.5 Å². The van der Waals surface area contributed by atoms with E-state index in [1.54, 1.807) is 0 Å². The van der Waals surface area contributed by atoms with Gasteiger partial charge in [-0.2, -0.15) is 0 Å². The number of carbonyl (C=O) groups excluding carboxylic acids is 6. The van der Waals surface area contributed by atoms with Crippen molar-refractivity contribution >= 4 is 34.7 Å². The first-order valence-electron chi connectivity index (χ1n) is 18.3. The van der Waals surface area contributed by atoms with Crippen molar-refractivity contribution in [1.29, 1.82) is 0 Å². The third-order valence-electron chi connectivity index (χ3n) is 10.6. The average molecular weight is 945 g/mol. The van der Waals surface area contributed by atoms with E-state index < -0.39 is 127 Å². The van der Waals surface area contributed by atoms with Gasteiger partial charge in [0.1, 0.15) is 0 Å². The molecule has 0 aromatic heterocycles. The van der Waals surface area contributed by atoms with Crippen LogP contribution in [-0.4, -0.2) is 89.6 Å². The summed E-state index contributed by atoms with van der Waals surface area (Å²) < 4.78 is -0.0975. The van der Waals surface area contributed by atoms with Crippen LogP contribution in [0.4, 0.5) is 0 Å². The number of hydrogen-bond donors (Lipinski definition) is 6. The molecule has 0 rings (SSSR count). The Bertz CT molecular complexity index is 1300. The fourth-order valence-electron chi connectivity index (χ4n) is 5.90. The molecule has 0 unspecified atom stereocenters. The second-order valence-electron chi connectivity index (χ2n) is 19.9. The van der Waals surface area contributed by atoms with Crippen LogP contribution >= 0.6 is 0 Å². The molecular formula is C39H71O14Ta. The van der Waals surface area contributed by atoms with Crippen LogP contribution in [-0.2, 0) is 51.9 Å². The SMILES string of the molecule is CC(C)[O][Ta]([O]C(C)C)([C](O)(O)C(C)(C)C(=O)CC(=O)C(C)(C)C)([C](O)(O)C(C)(C)C(=O)CC(=O)C(C)(C)C)[C](O)(O)C(C)(C)C(=O)CC(=O)C(C)(C)C. The molecule has 54 heavy (non-hydrogen) atoms. The molecule has 0 saturated carbocycles. The summed E-state index contributed by atoms with van der Waals surface area (Å²) in [5, 5.41) is 78.3. The van der Waals surface area contributed by atoms with Gasteiger partial charge < -0.3 is 0 Å². The van der Waals surface area contributed by atoms with E-state index in [9.17, 15) is 59.4 Å². The zero-order chi connectivity index (χ0) is 44.1. The fraction of sp³-hybridized carbons (Fsp3) is 0.846. The van der Waals surface area contributed by atoms with Gasteiger partial charge >= 0.3 is 325 Å². The van der Waals surface area contributed by atoms with E-state index in [-0.39, 0.29) is 0 Å². The average Bonchev–Trinajstić information content (AvgIpc) is 2.93. The molecule has 0 aromatic rings. The number of hydrogen-bond acceptors (Lipinski definition) is 14. The van der Waals surface area contributed by atoms with Gasteiger partial charge in [0.2, 0.25) is 0 Å². The molecule has 0 bridgehead atoms. The van der Waals surface area contributed by atoms with Crippen LogP contribution in [0.15, 0.2) is 0 Å². The molecule has 14 nitrogen and oxygen atoms in total. The summed E-state index contributed by atoms with van der Waals surface area (Å²) in [6, 6.07) is 0. The van der Waals surface area contributed by atoms with E-state index in [1.807, 2.05) is 0 Å². The van der Waals surface area contributed by atoms with Crippen LogP contribution in [0.5, 0.6) is 0 Å². The monoisotopic (exact) mass is 944 g/mol. The van der Waals surface area contributed by atoms with Crippen LogP contribution in [0.2, 0.25) is 0 Å². The first-order chi connectivity index (χ1) is 23.3. The van der Waals surface area contributed by atoms with Gasteiger partial charge in [0, 0.05) is 0 Å². The summed E-state index contributed by atoms with van der Waals surface area (Å²) in [5.74, 6) is -5.73. The molecule has 0 radical (unpaired) electrons. The third kappa shape index (κ3) is 8.36. The Morgan fingerprint density at radius 1 is 0.389 bits per heavy atom. The number of carbonyl (C=O) groups is 6. The van der Waals surface area contributed by atoms with E-state index >= 15 is 0 Å². The molecule has 0 amide bonds. The normalized spacial score (nSPS) is 15.6. The van der Waals surface area contributed by atoms with E-state index in [0.717, 1.165) is 41.5 Å². The van der Waals surface area contributed by atoms with Crippen molar-refractivity contribution in [3.05, 3.63) is 0 Å². The van der Waals surface area contributed by atoms with E-state index in [1.165, 1.54) is 90.0 Å². The Labute approximate surface area is 323 Å². The summed E-state index contributed by atoms with van der Waals surface area (Å²) >= 11 is -9.39. The van der Waals surface area contributed by atoms with Crippen molar-refractivity contribution in [2.24, 2.45) is 32.5 Å². The molecule has 0 aliphatic rings. The number of aliphatic hydroxyl groups is 6. The van der Waals surface area contributed by atoms with Gasteiger partial charge in [-0.15, -0.1) is 0 Å². The van der Waals surface area contributed by atoms with Gasteiger partial charge in [0.25, 0.3) is 0 Å². The Hall–Kier alpha value is -1.56. The first kappa shape index (κ1) is 52.4. The van der Waals surface area contributed by atoms with E-state index in [4.69, 9.17) is 6.49 Å². The summed E-state index contributed by atoms with van der Waals surface area (Å²) in [6.45, 7) is 23.9. The maximum absolute atomic E-state index is 14.3. The number of rotatable bonds is 19. The molecule has 6 N–H and O–H groups in total. The van der Waals surface area contributed by atoms with Crippen molar-refractivity contribution in [2.75, 3.05) is 0 Å². The molecule has 0 heterocycles. The van der Waals surface area contributed by atoms with Gasteiger partial charge in [-0.05, 0) is 0 Å². The van der Waals surface area contributed by atoms with E-state index in [2.05, 4.69) is 0 Å². The molecule has 0 atom stereocenters. The summed E-state index contributed by atoms with van der Waals surface area (Å²) in [7, 11) is 0. The standard InChI is InChI=1S/3C11H19O4.2C3H7O.Ta/c3*1-10(2,3)7(12)6-8(13)11(4,5)9(14)15;2*1-3(2)4;/h3*14-15H,6H2,1-5H3;2*3H,1-2H3;/q;;;2*-1;+2. The Morgan fingerprint density at radius 2 is 0.556 bits per heavy atom.